The Labute approximate surface area is 198 Å². The Morgan fingerprint density at radius 2 is 1.71 bits per heavy atom. The van der Waals surface area contributed by atoms with Gasteiger partial charge in [-0.05, 0) is 43.2 Å². The van der Waals surface area contributed by atoms with Gasteiger partial charge in [0.1, 0.15) is 10.5 Å². The van der Waals surface area contributed by atoms with Crippen molar-refractivity contribution < 1.29 is 19.1 Å². The normalized spacial score (nSPS) is 15.8. The Kier molecular flexibility index (Phi) is 6.69. The lowest BCUT2D eigenvalue weighted by Gasteiger charge is -2.26. The van der Waals surface area contributed by atoms with Crippen LogP contribution in [0, 0.1) is 0 Å². The predicted molar refractivity (Wildman–Crippen MR) is 127 cm³/mol. The molecule has 1 atom stereocenters. The second-order valence-electron chi connectivity index (χ2n) is 7.22. The van der Waals surface area contributed by atoms with Crippen LogP contribution in [-0.2, 0) is 19.1 Å². The number of hydrogen-bond acceptors (Lipinski definition) is 9. The highest BCUT2D eigenvalue weighted by atomic mass is 32.1. The van der Waals surface area contributed by atoms with Gasteiger partial charge in [-0.1, -0.05) is 12.1 Å². The summed E-state index contributed by atoms with van der Waals surface area (Å²) in [6, 6.07) is 6.97. The Morgan fingerprint density at radius 3 is 2.29 bits per heavy atom. The number of nitrogens with two attached hydrogens (primary N) is 1. The number of fused-ring (bicyclic) bond motifs is 1. The molecule has 1 aliphatic rings. The third-order valence-electron chi connectivity index (χ3n) is 5.14. The second-order valence-corrected chi connectivity index (χ2v) is 8.25. The monoisotopic (exact) mass is 478 g/mol. The van der Waals surface area contributed by atoms with E-state index in [1.807, 2.05) is 0 Å². The lowest BCUT2D eigenvalue weighted by atomic mass is 9.84. The zero-order valence-corrected chi connectivity index (χ0v) is 19.4. The highest BCUT2D eigenvalue weighted by Gasteiger charge is 2.40. The number of carbonyl (C=O) groups excluding carboxylic acids is 2. The molecular formula is C24H22N4O5S. The van der Waals surface area contributed by atoms with E-state index in [1.165, 1.54) is 4.57 Å². The van der Waals surface area contributed by atoms with Crippen LogP contribution in [0.1, 0.15) is 30.9 Å². The van der Waals surface area contributed by atoms with Crippen molar-refractivity contribution in [1.29, 1.82) is 0 Å². The first-order valence-corrected chi connectivity index (χ1v) is 11.4. The molecule has 0 saturated heterocycles. The molecule has 0 unspecified atom stereocenters. The van der Waals surface area contributed by atoms with Crippen molar-refractivity contribution in [3.8, 4) is 0 Å². The number of ether oxygens (including phenoxy) is 2. The quantitative estimate of drug-likeness (QED) is 0.514. The summed E-state index contributed by atoms with van der Waals surface area (Å²) in [5.41, 5.74) is 7.32. The summed E-state index contributed by atoms with van der Waals surface area (Å²) in [5.74, 6) is -2.40. The van der Waals surface area contributed by atoms with Gasteiger partial charge >= 0.3 is 11.9 Å². The highest BCUT2D eigenvalue weighted by molar-refractivity contribution is 7.07. The molecule has 0 bridgehead atoms. The molecule has 0 aromatic carbocycles. The third-order valence-corrected chi connectivity index (χ3v) is 6.25. The van der Waals surface area contributed by atoms with E-state index < -0.39 is 23.4 Å². The summed E-state index contributed by atoms with van der Waals surface area (Å²) in [6.07, 6.45) is 8.02. The van der Waals surface area contributed by atoms with E-state index >= 15 is 0 Å². The Bertz CT molecular complexity index is 1440. The van der Waals surface area contributed by atoms with Crippen LogP contribution < -0.4 is 20.5 Å². The molecule has 2 N–H and O–H groups in total. The van der Waals surface area contributed by atoms with Gasteiger partial charge in [-0.15, -0.1) is 11.3 Å². The summed E-state index contributed by atoms with van der Waals surface area (Å²) in [6.45, 7) is 3.55. The number of aromatic nitrogens is 3. The fraction of sp³-hybridized carbons (Fsp3) is 0.208. The number of thiazole rings is 1. The number of hydrogen-bond donors (Lipinski definition) is 1. The molecule has 0 aliphatic carbocycles. The van der Waals surface area contributed by atoms with Crippen LogP contribution >= 0.6 is 11.3 Å². The van der Waals surface area contributed by atoms with Crippen molar-refractivity contribution in [1.82, 2.24) is 14.5 Å². The zero-order chi connectivity index (χ0) is 24.2. The van der Waals surface area contributed by atoms with Crippen LogP contribution in [0.2, 0.25) is 0 Å². The lowest BCUT2D eigenvalue weighted by Crippen LogP contribution is -2.42. The molecule has 1 aliphatic heterocycles. The molecule has 0 radical (unpaired) electrons. The van der Waals surface area contributed by atoms with Crippen LogP contribution in [0.4, 0.5) is 0 Å². The van der Waals surface area contributed by atoms with Crippen LogP contribution in [0.3, 0.4) is 0 Å². The first kappa shape index (κ1) is 23.1. The molecule has 3 aromatic heterocycles. The Hall–Kier alpha value is -4.05. The fourth-order valence-corrected chi connectivity index (χ4v) is 4.92. The minimum atomic E-state index is -0.920. The van der Waals surface area contributed by atoms with Gasteiger partial charge in [0.2, 0.25) is 0 Å². The number of carbonyl (C=O) groups is 2. The number of esters is 2. The number of pyridine rings is 2. The molecular weight excluding hydrogens is 456 g/mol. The topological polar surface area (TPSA) is 126 Å². The molecule has 174 valence electrons. The maximum atomic E-state index is 13.4. The molecule has 9 nitrogen and oxygen atoms in total. The van der Waals surface area contributed by atoms with E-state index in [-0.39, 0.29) is 34.8 Å². The average Bonchev–Trinajstić information content (AvgIpc) is 3.16. The van der Waals surface area contributed by atoms with Gasteiger partial charge in [-0.3, -0.25) is 19.3 Å². The van der Waals surface area contributed by atoms with Gasteiger partial charge in [-0.2, -0.15) is 0 Å². The summed E-state index contributed by atoms with van der Waals surface area (Å²) in [4.78, 5) is 47.9. The summed E-state index contributed by atoms with van der Waals surface area (Å²) in [5, 5.41) is 0. The second kappa shape index (κ2) is 9.84. The maximum Gasteiger partial charge on any atom is 0.338 e. The van der Waals surface area contributed by atoms with E-state index in [9.17, 15) is 14.4 Å². The molecule has 10 heteroatoms. The van der Waals surface area contributed by atoms with Crippen LogP contribution in [0.25, 0.3) is 17.5 Å². The maximum absolute atomic E-state index is 13.4. The van der Waals surface area contributed by atoms with Crippen LogP contribution in [0.5, 0.6) is 0 Å². The van der Waals surface area contributed by atoms with Crippen LogP contribution in [-0.4, -0.2) is 39.7 Å². The molecule has 0 fully saturated rings. The lowest BCUT2D eigenvalue weighted by molar-refractivity contribution is -0.138. The molecule has 3 aromatic rings. The molecule has 0 saturated carbocycles. The van der Waals surface area contributed by atoms with Gasteiger partial charge in [-0.25, -0.2) is 9.59 Å². The fourth-order valence-electron chi connectivity index (χ4n) is 3.76. The SMILES string of the molecule is CCOC(=O)C1=C(N)n2c(s/c(=C\c3cccnc3)c2=O)=C(C(=O)OCC)[C@H]1c1cccnc1. The smallest absolute Gasteiger partial charge is 0.338 e. The van der Waals surface area contributed by atoms with E-state index in [1.54, 1.807) is 69.0 Å². The van der Waals surface area contributed by atoms with Gasteiger partial charge in [0.25, 0.3) is 5.56 Å². The molecule has 34 heavy (non-hydrogen) atoms. The van der Waals surface area contributed by atoms with Crippen molar-refractivity contribution in [2.45, 2.75) is 19.8 Å². The van der Waals surface area contributed by atoms with Gasteiger partial charge in [0, 0.05) is 24.8 Å². The first-order valence-electron chi connectivity index (χ1n) is 10.6. The van der Waals surface area contributed by atoms with Gasteiger partial charge in [0.15, 0.2) is 0 Å². The minimum absolute atomic E-state index is 0.0155. The summed E-state index contributed by atoms with van der Waals surface area (Å²) in [7, 11) is 0. The van der Waals surface area contributed by atoms with Crippen molar-refractivity contribution in [2.24, 2.45) is 5.73 Å². The zero-order valence-electron chi connectivity index (χ0n) is 18.6. The highest BCUT2D eigenvalue weighted by Crippen LogP contribution is 2.37. The minimum Gasteiger partial charge on any atom is -0.463 e. The molecule has 4 rings (SSSR count). The predicted octanol–water partition coefficient (Wildman–Crippen LogP) is 0.730. The average molecular weight is 479 g/mol. The van der Waals surface area contributed by atoms with Gasteiger partial charge in [0.05, 0.1) is 34.8 Å². The van der Waals surface area contributed by atoms with Crippen molar-refractivity contribution in [3.05, 3.63) is 85.3 Å². The first-order chi connectivity index (χ1) is 16.5. The molecule has 0 spiro atoms. The summed E-state index contributed by atoms with van der Waals surface area (Å²) >= 11 is 1.09. The number of rotatable bonds is 6. The Morgan fingerprint density at radius 1 is 1.06 bits per heavy atom. The Balaban J connectivity index is 2.11. The van der Waals surface area contributed by atoms with E-state index in [2.05, 4.69) is 9.97 Å². The van der Waals surface area contributed by atoms with E-state index in [0.717, 1.165) is 11.3 Å². The van der Waals surface area contributed by atoms with E-state index in [4.69, 9.17) is 15.2 Å². The molecule has 4 heterocycles. The number of nitrogens with zero attached hydrogens (tertiary/aromatic N) is 3. The molecule has 0 amide bonds. The largest absolute Gasteiger partial charge is 0.463 e. The van der Waals surface area contributed by atoms with Crippen molar-refractivity contribution in [2.75, 3.05) is 13.2 Å². The third kappa shape index (κ3) is 4.15. The van der Waals surface area contributed by atoms with Crippen LogP contribution in [0.15, 0.2) is 59.4 Å². The van der Waals surface area contributed by atoms with E-state index in [0.29, 0.717) is 15.7 Å². The van der Waals surface area contributed by atoms with Gasteiger partial charge < -0.3 is 15.2 Å². The van der Waals surface area contributed by atoms with Crippen molar-refractivity contribution >= 4 is 40.7 Å². The van der Waals surface area contributed by atoms with Crippen molar-refractivity contribution in [3.63, 3.8) is 0 Å². The summed E-state index contributed by atoms with van der Waals surface area (Å²) < 4.78 is 12.4. The standard InChI is InChI=1S/C24H22N4O5S/c1-3-32-23(30)18-17(15-8-6-10-27-13-15)19(24(31)33-4-2)22-28(20(18)25)21(29)16(34-22)11-14-7-5-9-26-12-14/h5-13,17H,3-4,25H2,1-2H3/b16-11-/t17-/m0/s1.